The van der Waals surface area contributed by atoms with Crippen molar-refractivity contribution in [1.29, 1.82) is 0 Å². The third kappa shape index (κ3) is 9.89. The highest BCUT2D eigenvalue weighted by Crippen LogP contribution is 2.04. The first-order chi connectivity index (χ1) is 10.2. The second kappa shape index (κ2) is 11.8. The molecule has 0 amide bonds. The summed E-state index contributed by atoms with van der Waals surface area (Å²) in [5.74, 6) is 0.965. The van der Waals surface area contributed by atoms with E-state index in [0.29, 0.717) is 17.2 Å². The molecule has 0 bridgehead atoms. The lowest BCUT2D eigenvalue weighted by molar-refractivity contribution is 0.475. The summed E-state index contributed by atoms with van der Waals surface area (Å²) < 4.78 is 0. The van der Waals surface area contributed by atoms with E-state index in [0.717, 1.165) is 0 Å². The van der Waals surface area contributed by atoms with Crippen LogP contribution in [0.25, 0.3) is 0 Å². The summed E-state index contributed by atoms with van der Waals surface area (Å²) in [5, 5.41) is 25.9. The van der Waals surface area contributed by atoms with E-state index < -0.39 is 0 Å². The minimum atomic E-state index is 0. The SMILES string of the molecule is O.Oc1ccccc1.Oc1ccccc1.Oc1ccccc1. The topological polar surface area (TPSA) is 92.2 Å². The van der Waals surface area contributed by atoms with E-state index in [-0.39, 0.29) is 5.48 Å². The highest BCUT2D eigenvalue weighted by atomic mass is 16.3. The van der Waals surface area contributed by atoms with Gasteiger partial charge in [-0.2, -0.15) is 0 Å². The molecule has 22 heavy (non-hydrogen) atoms. The van der Waals surface area contributed by atoms with Gasteiger partial charge in [0, 0.05) is 0 Å². The number of rotatable bonds is 0. The second-order valence-electron chi connectivity index (χ2n) is 4.01. The van der Waals surface area contributed by atoms with Gasteiger partial charge in [-0.1, -0.05) is 54.6 Å². The first kappa shape index (κ1) is 19.0. The predicted molar refractivity (Wildman–Crippen MR) is 87.9 cm³/mol. The average Bonchev–Trinajstić information content (AvgIpc) is 2.51. The van der Waals surface area contributed by atoms with Crippen LogP contribution < -0.4 is 0 Å². The minimum absolute atomic E-state index is 0. The molecule has 0 aliphatic heterocycles. The first-order valence-corrected chi connectivity index (χ1v) is 6.40. The molecule has 0 unspecified atom stereocenters. The number of hydrogen-bond donors (Lipinski definition) is 3. The lowest BCUT2D eigenvalue weighted by Crippen LogP contribution is -1.56. The van der Waals surface area contributed by atoms with E-state index in [1.165, 1.54) is 0 Å². The van der Waals surface area contributed by atoms with Gasteiger partial charge in [-0.15, -0.1) is 0 Å². The van der Waals surface area contributed by atoms with E-state index >= 15 is 0 Å². The summed E-state index contributed by atoms with van der Waals surface area (Å²) in [6.45, 7) is 0. The Morgan fingerprint density at radius 1 is 0.364 bits per heavy atom. The van der Waals surface area contributed by atoms with Crippen molar-refractivity contribution >= 4 is 0 Å². The smallest absolute Gasteiger partial charge is 0.115 e. The molecule has 0 saturated heterocycles. The summed E-state index contributed by atoms with van der Waals surface area (Å²) in [7, 11) is 0. The largest absolute Gasteiger partial charge is 0.508 e. The molecule has 3 rings (SSSR count). The van der Waals surface area contributed by atoms with Crippen molar-refractivity contribution in [2.45, 2.75) is 0 Å². The van der Waals surface area contributed by atoms with E-state index in [1.54, 1.807) is 72.8 Å². The third-order valence-corrected chi connectivity index (χ3v) is 2.27. The average molecular weight is 300 g/mol. The molecule has 0 fully saturated rings. The molecule has 0 aliphatic carbocycles. The summed E-state index contributed by atoms with van der Waals surface area (Å²) in [6, 6.07) is 26.1. The van der Waals surface area contributed by atoms with Crippen molar-refractivity contribution in [3.05, 3.63) is 91.0 Å². The van der Waals surface area contributed by atoms with E-state index in [9.17, 15) is 0 Å². The number of para-hydroxylation sites is 3. The molecule has 3 aromatic carbocycles. The molecule has 116 valence electrons. The van der Waals surface area contributed by atoms with Crippen molar-refractivity contribution in [3.8, 4) is 17.2 Å². The second-order valence-corrected chi connectivity index (χ2v) is 4.01. The van der Waals surface area contributed by atoms with Crippen LogP contribution >= 0.6 is 0 Å². The van der Waals surface area contributed by atoms with E-state index in [2.05, 4.69) is 0 Å². The van der Waals surface area contributed by atoms with Gasteiger partial charge in [-0.3, -0.25) is 0 Å². The van der Waals surface area contributed by atoms with Crippen molar-refractivity contribution in [3.63, 3.8) is 0 Å². The molecule has 0 saturated carbocycles. The van der Waals surface area contributed by atoms with Crippen LogP contribution in [0.3, 0.4) is 0 Å². The standard InChI is InChI=1S/3C6H6O.H2O/c3*7-6-4-2-1-3-5-6;/h3*1-5,7H;1H2. The van der Waals surface area contributed by atoms with Gasteiger partial charge in [0.2, 0.25) is 0 Å². The quantitative estimate of drug-likeness (QED) is 0.594. The predicted octanol–water partition coefficient (Wildman–Crippen LogP) is 3.35. The molecule has 0 aliphatic rings. The number of aromatic hydroxyl groups is 3. The Hall–Kier alpha value is -2.98. The highest BCUT2D eigenvalue weighted by molar-refractivity contribution is 5.19. The Balaban J connectivity index is 0.000000294. The maximum Gasteiger partial charge on any atom is 0.115 e. The van der Waals surface area contributed by atoms with Crippen molar-refractivity contribution in [1.82, 2.24) is 0 Å². The molecule has 0 aromatic heterocycles. The molecule has 3 aromatic rings. The van der Waals surface area contributed by atoms with Gasteiger partial charge in [0.25, 0.3) is 0 Å². The molecule has 0 spiro atoms. The fourth-order valence-electron chi connectivity index (χ4n) is 1.28. The molecular formula is C18H20O4. The van der Waals surface area contributed by atoms with Crippen LogP contribution in [-0.2, 0) is 0 Å². The third-order valence-electron chi connectivity index (χ3n) is 2.27. The van der Waals surface area contributed by atoms with Gasteiger partial charge >= 0.3 is 0 Å². The number of benzene rings is 3. The maximum atomic E-state index is 8.63. The van der Waals surface area contributed by atoms with E-state index in [1.807, 2.05) is 18.2 Å². The Labute approximate surface area is 129 Å². The van der Waals surface area contributed by atoms with Gasteiger partial charge in [-0.25, -0.2) is 0 Å². The zero-order chi connectivity index (χ0) is 15.3. The molecule has 4 heteroatoms. The fraction of sp³-hybridized carbons (Fsp3) is 0. The Morgan fingerprint density at radius 3 is 0.636 bits per heavy atom. The highest BCUT2D eigenvalue weighted by Gasteiger charge is 1.76. The monoisotopic (exact) mass is 300 g/mol. The van der Waals surface area contributed by atoms with Gasteiger partial charge in [0.15, 0.2) is 0 Å². The van der Waals surface area contributed by atoms with E-state index in [4.69, 9.17) is 15.3 Å². The molecule has 0 heterocycles. The molecule has 5 N–H and O–H groups in total. The van der Waals surface area contributed by atoms with Crippen LogP contribution in [0.15, 0.2) is 91.0 Å². The zero-order valence-electron chi connectivity index (χ0n) is 12.0. The lowest BCUT2D eigenvalue weighted by Gasteiger charge is -1.82. The van der Waals surface area contributed by atoms with Crippen LogP contribution in [0.5, 0.6) is 17.2 Å². The summed E-state index contributed by atoms with van der Waals surface area (Å²) in [6.07, 6.45) is 0. The summed E-state index contributed by atoms with van der Waals surface area (Å²) >= 11 is 0. The van der Waals surface area contributed by atoms with Crippen LogP contribution in [0.4, 0.5) is 0 Å². The minimum Gasteiger partial charge on any atom is -0.508 e. The van der Waals surface area contributed by atoms with Gasteiger partial charge in [0.05, 0.1) is 0 Å². The van der Waals surface area contributed by atoms with Crippen LogP contribution in [0.2, 0.25) is 0 Å². The summed E-state index contributed by atoms with van der Waals surface area (Å²) in [5.41, 5.74) is 0. The Morgan fingerprint density at radius 2 is 0.545 bits per heavy atom. The van der Waals surface area contributed by atoms with Crippen molar-refractivity contribution in [2.75, 3.05) is 0 Å². The number of phenols is 3. The van der Waals surface area contributed by atoms with Crippen molar-refractivity contribution in [2.24, 2.45) is 0 Å². The molecule has 0 atom stereocenters. The zero-order valence-corrected chi connectivity index (χ0v) is 12.0. The molecular weight excluding hydrogens is 280 g/mol. The van der Waals surface area contributed by atoms with Gasteiger partial charge in [0.1, 0.15) is 17.2 Å². The fourth-order valence-corrected chi connectivity index (χ4v) is 1.28. The normalized spacial score (nSPS) is 8.18. The summed E-state index contributed by atoms with van der Waals surface area (Å²) in [4.78, 5) is 0. The van der Waals surface area contributed by atoms with Crippen molar-refractivity contribution < 1.29 is 20.8 Å². The molecule has 0 radical (unpaired) electrons. The van der Waals surface area contributed by atoms with Gasteiger partial charge in [-0.05, 0) is 36.4 Å². The number of phenolic OH excluding ortho intramolecular Hbond substituents is 3. The Bertz CT molecular complexity index is 494. The first-order valence-electron chi connectivity index (χ1n) is 6.40. The van der Waals surface area contributed by atoms with Crippen LogP contribution in [-0.4, -0.2) is 20.8 Å². The van der Waals surface area contributed by atoms with Crippen LogP contribution in [0, 0.1) is 0 Å². The molecule has 4 nitrogen and oxygen atoms in total. The van der Waals surface area contributed by atoms with Crippen LogP contribution in [0.1, 0.15) is 0 Å². The lowest BCUT2D eigenvalue weighted by atomic mass is 10.3. The van der Waals surface area contributed by atoms with Gasteiger partial charge < -0.3 is 20.8 Å². The Kier molecular flexibility index (Phi) is 10.2. The number of hydrogen-bond acceptors (Lipinski definition) is 3. The maximum absolute atomic E-state index is 8.63.